The van der Waals surface area contributed by atoms with Crippen LogP contribution in [-0.4, -0.2) is 15.1 Å². The number of halogens is 2. The van der Waals surface area contributed by atoms with E-state index in [9.17, 15) is 18.9 Å². The monoisotopic (exact) mass is 254 g/mol. The van der Waals surface area contributed by atoms with E-state index in [4.69, 9.17) is 5.73 Å². The lowest BCUT2D eigenvalue weighted by molar-refractivity contribution is -0.384. The van der Waals surface area contributed by atoms with Crippen LogP contribution in [0.2, 0.25) is 0 Å². The summed E-state index contributed by atoms with van der Waals surface area (Å²) in [4.78, 5) is 9.91. The minimum Gasteiger partial charge on any atom is -0.382 e. The zero-order valence-electron chi connectivity index (χ0n) is 8.93. The van der Waals surface area contributed by atoms with Gasteiger partial charge in [-0.05, 0) is 17.7 Å². The highest BCUT2D eigenvalue weighted by molar-refractivity contribution is 5.76. The van der Waals surface area contributed by atoms with Gasteiger partial charge < -0.3 is 5.73 Å². The van der Waals surface area contributed by atoms with Gasteiger partial charge in [0.2, 0.25) is 0 Å². The fourth-order valence-electron chi connectivity index (χ4n) is 1.58. The van der Waals surface area contributed by atoms with E-state index in [-0.39, 0.29) is 17.1 Å². The van der Waals surface area contributed by atoms with E-state index < -0.39 is 17.0 Å². The summed E-state index contributed by atoms with van der Waals surface area (Å²) in [5.41, 5.74) is 5.39. The summed E-state index contributed by atoms with van der Waals surface area (Å²) in [6.45, 7) is 0. The first-order valence-corrected chi connectivity index (χ1v) is 4.87. The minimum atomic E-state index is -2.75. The van der Waals surface area contributed by atoms with Gasteiger partial charge in [-0.2, -0.15) is 5.10 Å². The van der Waals surface area contributed by atoms with Crippen molar-refractivity contribution in [1.29, 1.82) is 0 Å². The van der Waals surface area contributed by atoms with E-state index in [0.717, 1.165) is 0 Å². The topological polar surface area (TPSA) is 97.8 Å². The van der Waals surface area contributed by atoms with Crippen molar-refractivity contribution in [1.82, 2.24) is 10.2 Å². The Morgan fingerprint density at radius 2 is 1.94 bits per heavy atom. The molecule has 0 aliphatic carbocycles. The number of nitro benzene ring substituents is 1. The van der Waals surface area contributed by atoms with Crippen LogP contribution in [0.1, 0.15) is 12.1 Å². The summed E-state index contributed by atoms with van der Waals surface area (Å²) in [6, 6.07) is 5.14. The van der Waals surface area contributed by atoms with Crippen LogP contribution in [0.5, 0.6) is 0 Å². The number of hydrogen-bond acceptors (Lipinski definition) is 4. The molecule has 1 aromatic heterocycles. The van der Waals surface area contributed by atoms with Gasteiger partial charge in [0.15, 0.2) is 5.82 Å². The van der Waals surface area contributed by atoms with Crippen molar-refractivity contribution in [3.05, 3.63) is 40.1 Å². The number of aromatic nitrogens is 2. The Balaban J connectivity index is 2.48. The summed E-state index contributed by atoms with van der Waals surface area (Å²) in [5, 5.41) is 16.1. The number of alkyl halides is 2. The zero-order valence-corrected chi connectivity index (χ0v) is 8.93. The summed E-state index contributed by atoms with van der Waals surface area (Å²) in [5.74, 6) is -0.0702. The quantitative estimate of drug-likeness (QED) is 0.649. The van der Waals surface area contributed by atoms with Gasteiger partial charge in [0.1, 0.15) is 5.69 Å². The second kappa shape index (κ2) is 4.40. The number of nitrogen functional groups attached to an aromatic ring is 1. The normalized spacial score (nSPS) is 10.8. The van der Waals surface area contributed by atoms with Crippen LogP contribution in [0.3, 0.4) is 0 Å². The molecule has 3 N–H and O–H groups in total. The molecular weight excluding hydrogens is 246 g/mol. The molecule has 0 aliphatic heterocycles. The van der Waals surface area contributed by atoms with E-state index in [1.807, 2.05) is 0 Å². The molecule has 1 heterocycles. The maximum atomic E-state index is 12.7. The molecule has 0 unspecified atom stereocenters. The van der Waals surface area contributed by atoms with Gasteiger partial charge in [0.25, 0.3) is 12.1 Å². The van der Waals surface area contributed by atoms with Crippen LogP contribution in [0.15, 0.2) is 24.3 Å². The molecule has 2 rings (SSSR count). The number of nitrogens with zero attached hydrogens (tertiary/aromatic N) is 2. The predicted molar refractivity (Wildman–Crippen MR) is 60.0 cm³/mol. The SMILES string of the molecule is Nc1n[nH]c(C(F)F)c1-c1ccc([N+](=O)[O-])cc1. The fourth-order valence-corrected chi connectivity index (χ4v) is 1.58. The van der Waals surface area contributed by atoms with E-state index >= 15 is 0 Å². The second-order valence-corrected chi connectivity index (χ2v) is 3.50. The maximum Gasteiger partial charge on any atom is 0.280 e. The number of hydrogen-bond donors (Lipinski definition) is 2. The average Bonchev–Trinajstić information content (AvgIpc) is 2.71. The number of benzene rings is 1. The lowest BCUT2D eigenvalue weighted by Crippen LogP contribution is -1.92. The third kappa shape index (κ3) is 1.99. The van der Waals surface area contributed by atoms with Crippen LogP contribution in [0.25, 0.3) is 11.1 Å². The summed E-state index contributed by atoms with van der Waals surface area (Å²) < 4.78 is 25.4. The number of nitrogens with one attached hydrogen (secondary N) is 1. The molecule has 8 heteroatoms. The average molecular weight is 254 g/mol. The van der Waals surface area contributed by atoms with Crippen molar-refractivity contribution >= 4 is 11.5 Å². The Hall–Kier alpha value is -2.51. The molecule has 0 amide bonds. The van der Waals surface area contributed by atoms with Gasteiger partial charge in [-0.15, -0.1) is 0 Å². The lowest BCUT2D eigenvalue weighted by Gasteiger charge is -2.03. The van der Waals surface area contributed by atoms with Crippen LogP contribution in [-0.2, 0) is 0 Å². The number of nitrogens with two attached hydrogens (primary N) is 1. The lowest BCUT2D eigenvalue weighted by atomic mass is 10.1. The van der Waals surface area contributed by atoms with Gasteiger partial charge in [0, 0.05) is 12.1 Å². The molecule has 0 fully saturated rings. The van der Waals surface area contributed by atoms with Crippen LogP contribution < -0.4 is 5.73 Å². The molecule has 0 saturated heterocycles. The summed E-state index contributed by atoms with van der Waals surface area (Å²) in [7, 11) is 0. The number of aromatic amines is 1. The Bertz CT molecular complexity index is 580. The van der Waals surface area contributed by atoms with Gasteiger partial charge >= 0.3 is 0 Å². The van der Waals surface area contributed by atoms with Crippen LogP contribution in [0.4, 0.5) is 20.3 Å². The summed E-state index contributed by atoms with van der Waals surface area (Å²) in [6.07, 6.45) is -2.75. The van der Waals surface area contributed by atoms with Crippen molar-refractivity contribution in [2.24, 2.45) is 0 Å². The highest BCUT2D eigenvalue weighted by Crippen LogP contribution is 2.34. The molecule has 18 heavy (non-hydrogen) atoms. The van der Waals surface area contributed by atoms with E-state index in [0.29, 0.717) is 5.56 Å². The van der Waals surface area contributed by atoms with Gasteiger partial charge in [0.05, 0.1) is 10.5 Å². The molecule has 0 saturated carbocycles. The molecule has 0 bridgehead atoms. The molecule has 2 aromatic rings. The van der Waals surface area contributed by atoms with Gasteiger partial charge in [-0.1, -0.05) is 0 Å². The molecule has 0 aliphatic rings. The molecule has 1 aromatic carbocycles. The van der Waals surface area contributed by atoms with Crippen LogP contribution >= 0.6 is 0 Å². The smallest absolute Gasteiger partial charge is 0.280 e. The Kier molecular flexibility index (Phi) is 2.92. The Morgan fingerprint density at radius 1 is 1.33 bits per heavy atom. The Morgan fingerprint density at radius 3 is 2.44 bits per heavy atom. The molecule has 0 radical (unpaired) electrons. The van der Waals surface area contributed by atoms with Crippen molar-refractivity contribution in [3.63, 3.8) is 0 Å². The zero-order chi connectivity index (χ0) is 13.3. The number of rotatable bonds is 3. The van der Waals surface area contributed by atoms with Crippen molar-refractivity contribution in [2.45, 2.75) is 6.43 Å². The highest BCUT2D eigenvalue weighted by atomic mass is 19.3. The van der Waals surface area contributed by atoms with E-state index in [1.165, 1.54) is 24.3 Å². The van der Waals surface area contributed by atoms with Crippen molar-refractivity contribution in [2.75, 3.05) is 5.73 Å². The fraction of sp³-hybridized carbons (Fsp3) is 0.100. The predicted octanol–water partition coefficient (Wildman–Crippen LogP) is 2.50. The van der Waals surface area contributed by atoms with E-state index in [2.05, 4.69) is 10.2 Å². The van der Waals surface area contributed by atoms with Gasteiger partial charge in [-0.25, -0.2) is 8.78 Å². The molecule has 94 valence electrons. The van der Waals surface area contributed by atoms with Crippen LogP contribution in [0, 0.1) is 10.1 Å². The standard InChI is InChI=1S/C10H8F2N4O2/c11-9(12)8-7(10(13)15-14-8)5-1-3-6(4-2-5)16(17)18/h1-4,9H,(H3,13,14,15). The largest absolute Gasteiger partial charge is 0.382 e. The highest BCUT2D eigenvalue weighted by Gasteiger charge is 2.20. The number of nitro groups is 1. The third-order valence-corrected chi connectivity index (χ3v) is 2.41. The Labute approximate surface area is 99.6 Å². The first-order chi connectivity index (χ1) is 8.50. The first kappa shape index (κ1) is 12.0. The molecular formula is C10H8F2N4O2. The van der Waals surface area contributed by atoms with E-state index in [1.54, 1.807) is 0 Å². The minimum absolute atomic E-state index is 0.0693. The first-order valence-electron chi connectivity index (χ1n) is 4.87. The summed E-state index contributed by atoms with van der Waals surface area (Å²) >= 11 is 0. The number of non-ortho nitro benzene ring substituents is 1. The number of H-pyrrole nitrogens is 1. The molecule has 6 nitrogen and oxygen atoms in total. The van der Waals surface area contributed by atoms with Crippen molar-refractivity contribution < 1.29 is 13.7 Å². The third-order valence-electron chi connectivity index (χ3n) is 2.41. The molecule has 0 spiro atoms. The number of anilines is 1. The second-order valence-electron chi connectivity index (χ2n) is 3.50. The molecule has 0 atom stereocenters. The van der Waals surface area contributed by atoms with Crippen molar-refractivity contribution in [3.8, 4) is 11.1 Å². The maximum absolute atomic E-state index is 12.7. The van der Waals surface area contributed by atoms with Gasteiger partial charge in [-0.3, -0.25) is 15.2 Å².